The molecule has 1 aromatic heterocycles. The molecule has 0 saturated heterocycles. The van der Waals surface area contributed by atoms with E-state index in [0.29, 0.717) is 10.9 Å². The first-order chi connectivity index (χ1) is 8.95. The summed E-state index contributed by atoms with van der Waals surface area (Å²) in [5, 5.41) is 0.636. The molecule has 0 amide bonds. The highest BCUT2D eigenvalue weighted by Crippen LogP contribution is 2.22. The van der Waals surface area contributed by atoms with Crippen LogP contribution in [0.3, 0.4) is 0 Å². The van der Waals surface area contributed by atoms with Crippen molar-refractivity contribution in [1.29, 1.82) is 0 Å². The summed E-state index contributed by atoms with van der Waals surface area (Å²) >= 11 is 12.6. The van der Waals surface area contributed by atoms with Crippen LogP contribution in [0.4, 0.5) is 0 Å². The van der Waals surface area contributed by atoms with Gasteiger partial charge in [0.15, 0.2) is 0 Å². The number of allylic oxidation sites excluding steroid dienone is 4. The van der Waals surface area contributed by atoms with Gasteiger partial charge < -0.3 is 0 Å². The molecular weight excluding hydrogens is 305 g/mol. The molecule has 0 aliphatic heterocycles. The molecule has 0 aromatic carbocycles. The van der Waals surface area contributed by atoms with Crippen LogP contribution in [0, 0.1) is 13.8 Å². The zero-order valence-electron chi connectivity index (χ0n) is 10.1. The fourth-order valence-electron chi connectivity index (χ4n) is 1.43. The van der Waals surface area contributed by atoms with Gasteiger partial charge in [-0.2, -0.15) is 0 Å². The van der Waals surface area contributed by atoms with E-state index in [0.717, 1.165) is 23.3 Å². The Morgan fingerprint density at radius 3 is 2.16 bits per heavy atom. The van der Waals surface area contributed by atoms with Gasteiger partial charge in [-0.15, -0.1) is 0 Å². The number of aromatic nitrogens is 2. The summed E-state index contributed by atoms with van der Waals surface area (Å²) in [5.74, 6) is -0.394. The van der Waals surface area contributed by atoms with Gasteiger partial charge in [0.05, 0.1) is 27.7 Å². The summed E-state index contributed by atoms with van der Waals surface area (Å²) in [7, 11) is 0. The van der Waals surface area contributed by atoms with Crippen LogP contribution in [0.1, 0.15) is 11.4 Å². The highest BCUT2D eigenvalue weighted by Gasteiger charge is 2.17. The molecule has 0 unspecified atom stereocenters. The molecule has 0 radical (unpaired) electrons. The molecule has 1 aliphatic carbocycles. The maximum Gasteiger partial charge on any atom is 0.215 e. The van der Waals surface area contributed by atoms with E-state index in [-0.39, 0.29) is 10.1 Å². The minimum atomic E-state index is -0.394. The topological polar surface area (TPSA) is 55.2 Å². The second-order valence-corrected chi connectivity index (χ2v) is 5.40. The van der Waals surface area contributed by atoms with Crippen molar-refractivity contribution in [3.05, 3.63) is 39.7 Å². The average molecular weight is 314 g/mol. The third-order valence-corrected chi connectivity index (χ3v) is 3.39. The van der Waals surface area contributed by atoms with Crippen LogP contribution in [0.25, 0.3) is 0 Å². The predicted octanol–water partition coefficient (Wildman–Crippen LogP) is 3.37. The Morgan fingerprint density at radius 2 is 1.63 bits per heavy atom. The monoisotopic (exact) mass is 313 g/mol. The number of ketones is 1. The third kappa shape index (κ3) is 3.65. The Hall–Kier alpha value is -1.17. The Bertz CT molecular complexity index is 594. The zero-order chi connectivity index (χ0) is 14.0. The van der Waals surface area contributed by atoms with E-state index < -0.39 is 5.78 Å². The van der Waals surface area contributed by atoms with Crippen molar-refractivity contribution >= 4 is 46.6 Å². The SMILES string of the molecule is Cc1cc(C)nc(SN=C2C=C(Cl)C(=O)C(Cl)=C2)n1. The lowest BCUT2D eigenvalue weighted by Gasteiger charge is -2.05. The van der Waals surface area contributed by atoms with Crippen molar-refractivity contribution in [2.45, 2.75) is 19.0 Å². The van der Waals surface area contributed by atoms with Crippen LogP contribution >= 0.6 is 35.1 Å². The van der Waals surface area contributed by atoms with Gasteiger partial charge in [-0.3, -0.25) is 4.79 Å². The number of halogens is 2. The number of nitrogens with zero attached hydrogens (tertiary/aromatic N) is 3. The molecule has 7 heteroatoms. The van der Waals surface area contributed by atoms with Crippen LogP contribution in [0.15, 0.2) is 37.8 Å². The number of hydrogen-bond donors (Lipinski definition) is 0. The lowest BCUT2D eigenvalue weighted by Crippen LogP contribution is -2.07. The molecular formula is C12H9Cl2N3OS. The van der Waals surface area contributed by atoms with Crippen molar-refractivity contribution in [3.8, 4) is 0 Å². The number of aryl methyl sites for hydroxylation is 2. The molecule has 0 N–H and O–H groups in total. The first kappa shape index (κ1) is 14.2. The van der Waals surface area contributed by atoms with Gasteiger partial charge >= 0.3 is 0 Å². The van der Waals surface area contributed by atoms with Crippen molar-refractivity contribution in [3.63, 3.8) is 0 Å². The molecule has 1 aromatic rings. The average Bonchev–Trinajstić information content (AvgIpc) is 2.32. The Morgan fingerprint density at radius 1 is 1.11 bits per heavy atom. The molecule has 0 atom stereocenters. The van der Waals surface area contributed by atoms with E-state index in [4.69, 9.17) is 23.2 Å². The molecule has 19 heavy (non-hydrogen) atoms. The van der Waals surface area contributed by atoms with Gasteiger partial charge in [0.2, 0.25) is 10.9 Å². The maximum absolute atomic E-state index is 11.3. The van der Waals surface area contributed by atoms with Crippen molar-refractivity contribution < 1.29 is 4.79 Å². The summed E-state index contributed by atoms with van der Waals surface area (Å²) in [5.41, 5.74) is 2.25. The minimum Gasteiger partial charge on any atom is -0.287 e. The quantitative estimate of drug-likeness (QED) is 0.477. The molecule has 0 bridgehead atoms. The van der Waals surface area contributed by atoms with Crippen molar-refractivity contribution in [1.82, 2.24) is 9.97 Å². The number of hydrogen-bond acceptors (Lipinski definition) is 5. The molecule has 0 fully saturated rings. The summed E-state index contributed by atoms with van der Waals surface area (Å²) in [4.78, 5) is 19.8. The lowest BCUT2D eigenvalue weighted by atomic mass is 10.1. The lowest BCUT2D eigenvalue weighted by molar-refractivity contribution is -0.111. The van der Waals surface area contributed by atoms with Crippen molar-refractivity contribution in [2.24, 2.45) is 4.40 Å². The molecule has 4 nitrogen and oxygen atoms in total. The van der Waals surface area contributed by atoms with E-state index in [1.807, 2.05) is 19.9 Å². The fourth-order valence-corrected chi connectivity index (χ4v) is 2.56. The smallest absolute Gasteiger partial charge is 0.215 e. The van der Waals surface area contributed by atoms with Gasteiger partial charge in [0.25, 0.3) is 0 Å². The van der Waals surface area contributed by atoms with E-state index in [2.05, 4.69) is 14.4 Å². The van der Waals surface area contributed by atoms with Crippen LogP contribution in [0.5, 0.6) is 0 Å². The normalized spacial score (nSPS) is 15.2. The maximum atomic E-state index is 11.3. The predicted molar refractivity (Wildman–Crippen MR) is 77.7 cm³/mol. The number of carbonyl (C=O) groups is 1. The number of carbonyl (C=O) groups excluding carboxylic acids is 1. The Kier molecular flexibility index (Phi) is 4.39. The van der Waals surface area contributed by atoms with E-state index in [9.17, 15) is 4.79 Å². The largest absolute Gasteiger partial charge is 0.287 e. The molecule has 1 aliphatic rings. The second kappa shape index (κ2) is 5.86. The summed E-state index contributed by atoms with van der Waals surface area (Å²) in [6.07, 6.45) is 2.93. The second-order valence-electron chi connectivity index (χ2n) is 3.85. The Labute approximate surface area is 124 Å². The molecule has 0 spiro atoms. The van der Waals surface area contributed by atoms with Crippen LogP contribution < -0.4 is 0 Å². The van der Waals surface area contributed by atoms with E-state index >= 15 is 0 Å². The first-order valence-electron chi connectivity index (χ1n) is 5.32. The summed E-state index contributed by atoms with van der Waals surface area (Å²) < 4.78 is 4.21. The van der Waals surface area contributed by atoms with Gasteiger partial charge in [-0.05, 0) is 32.1 Å². The van der Waals surface area contributed by atoms with Gasteiger partial charge in [0, 0.05) is 11.4 Å². The van der Waals surface area contributed by atoms with Gasteiger partial charge in [0.1, 0.15) is 0 Å². The summed E-state index contributed by atoms with van der Waals surface area (Å²) in [6, 6.07) is 1.88. The zero-order valence-corrected chi connectivity index (χ0v) is 12.5. The molecule has 98 valence electrons. The number of Topliss-reactive ketones (excluding diaryl/α,β-unsaturated/α-hetero) is 1. The fraction of sp³-hybridized carbons (Fsp3) is 0.167. The van der Waals surface area contributed by atoms with E-state index in [1.54, 1.807) is 0 Å². The van der Waals surface area contributed by atoms with Crippen LogP contribution in [-0.4, -0.2) is 21.5 Å². The van der Waals surface area contributed by atoms with Crippen LogP contribution in [-0.2, 0) is 4.79 Å². The standard InChI is InChI=1S/C12H9Cl2N3OS/c1-6-3-7(2)16-12(15-6)19-17-8-4-9(13)11(18)10(14)5-8/h3-5H,1-2H3. The Balaban J connectivity index is 2.21. The molecule has 0 saturated carbocycles. The highest BCUT2D eigenvalue weighted by molar-refractivity contribution is 7.98. The third-order valence-electron chi connectivity index (χ3n) is 2.18. The molecule has 2 rings (SSSR count). The van der Waals surface area contributed by atoms with Crippen molar-refractivity contribution in [2.75, 3.05) is 0 Å². The van der Waals surface area contributed by atoms with E-state index in [1.165, 1.54) is 12.2 Å². The highest BCUT2D eigenvalue weighted by atomic mass is 35.5. The first-order valence-corrected chi connectivity index (χ1v) is 6.85. The van der Waals surface area contributed by atoms with Gasteiger partial charge in [-0.25, -0.2) is 14.4 Å². The minimum absolute atomic E-state index is 0.0493. The summed E-state index contributed by atoms with van der Waals surface area (Å²) in [6.45, 7) is 3.78. The van der Waals surface area contributed by atoms with Gasteiger partial charge in [-0.1, -0.05) is 23.2 Å². The van der Waals surface area contributed by atoms with Crippen LogP contribution in [0.2, 0.25) is 0 Å². The number of rotatable bonds is 2. The molecule has 1 heterocycles.